The van der Waals surface area contributed by atoms with Gasteiger partial charge in [-0.1, -0.05) is 6.07 Å². The van der Waals surface area contributed by atoms with Crippen molar-refractivity contribution in [3.8, 4) is 11.8 Å². The molecule has 0 amide bonds. The van der Waals surface area contributed by atoms with Gasteiger partial charge in [-0.15, -0.1) is 0 Å². The summed E-state index contributed by atoms with van der Waals surface area (Å²) in [5.74, 6) is -0.424. The molecule has 0 spiro atoms. The molecule has 24 heavy (non-hydrogen) atoms. The third kappa shape index (κ3) is 3.79. The van der Waals surface area contributed by atoms with E-state index < -0.39 is 5.92 Å². The van der Waals surface area contributed by atoms with Gasteiger partial charge in [0.15, 0.2) is 11.7 Å². The summed E-state index contributed by atoms with van der Waals surface area (Å²) in [6.07, 6.45) is 3.48. The maximum atomic E-state index is 12.6. The molecule has 1 fully saturated rings. The highest BCUT2D eigenvalue weighted by Gasteiger charge is 2.23. The van der Waals surface area contributed by atoms with Crippen LogP contribution in [0.2, 0.25) is 0 Å². The number of carbonyl (C=O) groups excluding carboxylic acids is 1. The Morgan fingerprint density at radius 2 is 1.96 bits per heavy atom. The topological polar surface area (TPSA) is 72.2 Å². The van der Waals surface area contributed by atoms with Crippen LogP contribution in [0.15, 0.2) is 48.7 Å². The molecule has 0 aliphatic carbocycles. The van der Waals surface area contributed by atoms with Gasteiger partial charge >= 0.3 is 0 Å². The third-order valence-corrected chi connectivity index (χ3v) is 3.98. The Bertz CT molecular complexity index is 717. The number of Topliss-reactive ketones (excluding diaryl/α,β-unsaturated/α-hetero) is 1. The van der Waals surface area contributed by atoms with Crippen molar-refractivity contribution in [1.29, 1.82) is 5.26 Å². The van der Waals surface area contributed by atoms with Gasteiger partial charge in [-0.05, 0) is 36.4 Å². The average Bonchev–Trinajstić information content (AvgIpc) is 2.65. The number of hydrogen-bond acceptors (Lipinski definition) is 5. The summed E-state index contributed by atoms with van der Waals surface area (Å²) in [5, 5.41) is 9.33. The lowest BCUT2D eigenvalue weighted by Gasteiger charge is -2.23. The third-order valence-electron chi connectivity index (χ3n) is 3.98. The lowest BCUT2D eigenvalue weighted by atomic mass is 9.95. The van der Waals surface area contributed by atoms with Gasteiger partial charge in [0.1, 0.15) is 11.9 Å². The molecule has 1 atom stereocenters. The summed E-state index contributed by atoms with van der Waals surface area (Å²) in [7, 11) is 0. The van der Waals surface area contributed by atoms with Crippen LogP contribution in [0.25, 0.3) is 0 Å². The summed E-state index contributed by atoms with van der Waals surface area (Å²) in [4.78, 5) is 16.7. The number of pyridine rings is 1. The second kappa shape index (κ2) is 7.71. The van der Waals surface area contributed by atoms with Crippen molar-refractivity contribution in [2.24, 2.45) is 0 Å². The lowest BCUT2D eigenvalue weighted by Crippen LogP contribution is -2.25. The van der Waals surface area contributed by atoms with Crippen LogP contribution in [0.3, 0.4) is 0 Å². The van der Waals surface area contributed by atoms with E-state index >= 15 is 0 Å². The summed E-state index contributed by atoms with van der Waals surface area (Å²) in [5.41, 5.74) is 0.944. The maximum Gasteiger partial charge on any atom is 0.186 e. The Hall–Kier alpha value is -2.71. The van der Waals surface area contributed by atoms with E-state index in [0.717, 1.165) is 31.8 Å². The molecule has 0 N–H and O–H groups in total. The molecule has 1 aromatic heterocycles. The van der Waals surface area contributed by atoms with E-state index in [-0.39, 0.29) is 11.9 Å². The van der Waals surface area contributed by atoms with Crippen LogP contribution < -0.4 is 4.74 Å². The van der Waals surface area contributed by atoms with E-state index in [2.05, 4.69) is 4.98 Å². The molecular weight excluding hydrogens is 304 g/mol. The van der Waals surface area contributed by atoms with E-state index in [1.165, 1.54) is 0 Å². The Morgan fingerprint density at radius 3 is 2.58 bits per heavy atom. The number of rotatable bonds is 5. The van der Waals surface area contributed by atoms with Crippen molar-refractivity contribution in [1.82, 2.24) is 4.98 Å². The first kappa shape index (κ1) is 16.2. The molecule has 0 radical (unpaired) electrons. The molecule has 1 aliphatic rings. The van der Waals surface area contributed by atoms with E-state index in [0.29, 0.717) is 11.3 Å². The highest BCUT2D eigenvalue weighted by Crippen LogP contribution is 2.22. The van der Waals surface area contributed by atoms with Crippen LogP contribution >= 0.6 is 0 Å². The monoisotopic (exact) mass is 322 g/mol. The maximum absolute atomic E-state index is 12.6. The Kier molecular flexibility index (Phi) is 5.19. The van der Waals surface area contributed by atoms with Gasteiger partial charge in [0.05, 0.1) is 25.0 Å². The standard InChI is InChI=1S/C19H18N2O3/c20-13-17(18-3-1-2-10-21-18)19(22)14-4-6-15(7-5-14)24-16-8-11-23-12-9-16/h1-7,10,16-17H,8-9,11-12H2/t17-/m1/s1. The molecule has 3 rings (SSSR count). The fourth-order valence-electron chi connectivity index (χ4n) is 2.66. The molecule has 0 bridgehead atoms. The number of hydrogen-bond donors (Lipinski definition) is 0. The van der Waals surface area contributed by atoms with Gasteiger partial charge in [-0.25, -0.2) is 0 Å². The largest absolute Gasteiger partial charge is 0.490 e. The number of aromatic nitrogens is 1. The van der Waals surface area contributed by atoms with Gasteiger partial charge in [0.2, 0.25) is 0 Å². The summed E-state index contributed by atoms with van der Waals surface area (Å²) in [6.45, 7) is 1.43. The smallest absolute Gasteiger partial charge is 0.186 e. The molecule has 0 saturated carbocycles. The first-order valence-corrected chi connectivity index (χ1v) is 7.97. The van der Waals surface area contributed by atoms with E-state index in [1.807, 2.05) is 6.07 Å². The first-order chi connectivity index (χ1) is 11.8. The Balaban J connectivity index is 1.70. The van der Waals surface area contributed by atoms with Crippen LogP contribution in [0.5, 0.6) is 5.75 Å². The second-order valence-electron chi connectivity index (χ2n) is 5.63. The van der Waals surface area contributed by atoms with Crippen LogP contribution in [0.1, 0.15) is 34.8 Å². The van der Waals surface area contributed by atoms with E-state index in [9.17, 15) is 10.1 Å². The number of carbonyl (C=O) groups is 1. The molecule has 5 heteroatoms. The van der Waals surface area contributed by atoms with Crippen molar-refractivity contribution in [2.75, 3.05) is 13.2 Å². The van der Waals surface area contributed by atoms with Crippen molar-refractivity contribution in [2.45, 2.75) is 24.9 Å². The molecule has 1 saturated heterocycles. The zero-order chi connectivity index (χ0) is 16.8. The quantitative estimate of drug-likeness (QED) is 0.791. The molecule has 122 valence electrons. The van der Waals surface area contributed by atoms with Gasteiger partial charge in [-0.3, -0.25) is 9.78 Å². The highest BCUT2D eigenvalue weighted by molar-refractivity contribution is 6.02. The van der Waals surface area contributed by atoms with Crippen LogP contribution in [-0.4, -0.2) is 30.1 Å². The number of nitriles is 1. The number of benzene rings is 1. The van der Waals surface area contributed by atoms with Crippen molar-refractivity contribution < 1.29 is 14.3 Å². The predicted molar refractivity (Wildman–Crippen MR) is 87.8 cm³/mol. The molecular formula is C19H18N2O3. The molecule has 1 aliphatic heterocycles. The highest BCUT2D eigenvalue weighted by atomic mass is 16.5. The summed E-state index contributed by atoms with van der Waals surface area (Å²) < 4.78 is 11.2. The first-order valence-electron chi connectivity index (χ1n) is 7.97. The SMILES string of the molecule is N#C[C@@H](C(=O)c1ccc(OC2CCOCC2)cc1)c1ccccn1. The Labute approximate surface area is 140 Å². The minimum atomic E-state index is -0.895. The summed E-state index contributed by atoms with van der Waals surface area (Å²) >= 11 is 0. The van der Waals surface area contributed by atoms with Crippen molar-refractivity contribution >= 4 is 5.78 Å². The average molecular weight is 322 g/mol. The lowest BCUT2D eigenvalue weighted by molar-refractivity contribution is 0.0256. The van der Waals surface area contributed by atoms with Gasteiger partial charge in [0, 0.05) is 24.6 Å². The molecule has 5 nitrogen and oxygen atoms in total. The van der Waals surface area contributed by atoms with Gasteiger partial charge in [0.25, 0.3) is 0 Å². The number of nitrogens with zero attached hydrogens (tertiary/aromatic N) is 2. The van der Waals surface area contributed by atoms with Crippen LogP contribution in [-0.2, 0) is 4.74 Å². The van der Waals surface area contributed by atoms with E-state index in [1.54, 1.807) is 48.7 Å². The second-order valence-corrected chi connectivity index (χ2v) is 5.63. The Morgan fingerprint density at radius 1 is 1.21 bits per heavy atom. The van der Waals surface area contributed by atoms with Gasteiger partial charge in [-0.2, -0.15) is 5.26 Å². The molecule has 1 aromatic carbocycles. The fraction of sp³-hybridized carbons (Fsp3) is 0.316. The van der Waals surface area contributed by atoms with Crippen LogP contribution in [0, 0.1) is 11.3 Å². The zero-order valence-electron chi connectivity index (χ0n) is 13.2. The normalized spacial score (nSPS) is 16.1. The van der Waals surface area contributed by atoms with E-state index in [4.69, 9.17) is 9.47 Å². The minimum Gasteiger partial charge on any atom is -0.490 e. The van der Waals surface area contributed by atoms with Crippen molar-refractivity contribution in [3.63, 3.8) is 0 Å². The predicted octanol–water partition coefficient (Wildman–Crippen LogP) is 3.13. The molecule has 0 unspecified atom stereocenters. The van der Waals surface area contributed by atoms with Crippen molar-refractivity contribution in [3.05, 3.63) is 59.9 Å². The zero-order valence-corrected chi connectivity index (χ0v) is 13.2. The van der Waals surface area contributed by atoms with Gasteiger partial charge < -0.3 is 9.47 Å². The molecule has 2 heterocycles. The number of ether oxygens (including phenoxy) is 2. The van der Waals surface area contributed by atoms with Crippen LogP contribution in [0.4, 0.5) is 0 Å². The summed E-state index contributed by atoms with van der Waals surface area (Å²) in [6, 6.07) is 14.2. The molecule has 2 aromatic rings. The minimum absolute atomic E-state index is 0.153. The number of ketones is 1. The fourth-order valence-corrected chi connectivity index (χ4v) is 2.66.